The van der Waals surface area contributed by atoms with E-state index in [-0.39, 0.29) is 11.2 Å². The molecule has 1 heterocycles. The molecule has 0 radical (unpaired) electrons. The average molecular weight is 236 g/mol. The lowest BCUT2D eigenvalue weighted by molar-refractivity contribution is -0.356. The van der Waals surface area contributed by atoms with Crippen LogP contribution in [0, 0.1) is 17.8 Å². The first-order valence-electron chi connectivity index (χ1n) is 7.11. The number of allylic oxidation sites excluding steroid dienone is 1. The van der Waals surface area contributed by atoms with Gasteiger partial charge in [-0.05, 0) is 49.0 Å². The van der Waals surface area contributed by atoms with Crippen molar-refractivity contribution >= 4 is 0 Å². The molecule has 0 aromatic carbocycles. The van der Waals surface area contributed by atoms with Gasteiger partial charge in [0.1, 0.15) is 11.2 Å². The maximum Gasteiger partial charge on any atom is 0.130 e. The Morgan fingerprint density at radius 1 is 1.18 bits per heavy atom. The van der Waals surface area contributed by atoms with Crippen LogP contribution in [0.3, 0.4) is 0 Å². The second kappa shape index (κ2) is 3.58. The summed E-state index contributed by atoms with van der Waals surface area (Å²) in [4.78, 5) is 11.8. The summed E-state index contributed by atoms with van der Waals surface area (Å²) in [6.07, 6.45) is 7.16. The summed E-state index contributed by atoms with van der Waals surface area (Å²) in [5.74, 6) is 1.76. The molecule has 3 aliphatic rings. The Kier molecular flexibility index (Phi) is 2.47. The molecule has 1 aliphatic heterocycles. The van der Waals surface area contributed by atoms with E-state index in [1.807, 2.05) is 0 Å². The van der Waals surface area contributed by atoms with Crippen LogP contribution in [0.2, 0.25) is 0 Å². The van der Waals surface area contributed by atoms with Crippen LogP contribution in [0.5, 0.6) is 0 Å². The average Bonchev–Trinajstić information content (AvgIpc) is 2.55. The SMILES string of the molecule is CC(C)[C@@]12CC[C@@H](C)[C@]3(CC[C@H](C)C=C13)OO2. The molecule has 4 atom stereocenters. The lowest BCUT2D eigenvalue weighted by Crippen LogP contribution is -2.50. The van der Waals surface area contributed by atoms with Crippen molar-refractivity contribution in [2.24, 2.45) is 17.8 Å². The van der Waals surface area contributed by atoms with Crippen LogP contribution >= 0.6 is 0 Å². The topological polar surface area (TPSA) is 18.5 Å². The van der Waals surface area contributed by atoms with Gasteiger partial charge in [0.2, 0.25) is 0 Å². The maximum absolute atomic E-state index is 5.93. The largest absolute Gasteiger partial charge is 0.224 e. The smallest absolute Gasteiger partial charge is 0.130 e. The van der Waals surface area contributed by atoms with E-state index in [1.54, 1.807) is 0 Å². The summed E-state index contributed by atoms with van der Waals surface area (Å²) in [6.45, 7) is 9.15. The van der Waals surface area contributed by atoms with Crippen molar-refractivity contribution in [3.8, 4) is 0 Å². The Bertz CT molecular complexity index is 360. The Labute approximate surface area is 104 Å². The van der Waals surface area contributed by atoms with E-state index in [2.05, 4.69) is 33.8 Å². The highest BCUT2D eigenvalue weighted by molar-refractivity contribution is 5.37. The van der Waals surface area contributed by atoms with Gasteiger partial charge in [-0.2, -0.15) is 0 Å². The summed E-state index contributed by atoms with van der Waals surface area (Å²) in [5, 5.41) is 0. The third-order valence-electron chi connectivity index (χ3n) is 5.35. The maximum atomic E-state index is 5.93. The zero-order valence-electron chi connectivity index (χ0n) is 11.5. The molecule has 1 saturated heterocycles. The van der Waals surface area contributed by atoms with E-state index in [0.29, 0.717) is 17.8 Å². The van der Waals surface area contributed by atoms with Crippen molar-refractivity contribution in [1.29, 1.82) is 0 Å². The molecule has 17 heavy (non-hydrogen) atoms. The third kappa shape index (κ3) is 1.34. The molecule has 0 aromatic heterocycles. The second-order valence-corrected chi connectivity index (χ2v) is 6.64. The molecule has 2 nitrogen and oxygen atoms in total. The Hall–Kier alpha value is -0.340. The monoisotopic (exact) mass is 236 g/mol. The predicted octanol–water partition coefficient (Wildman–Crippen LogP) is 3.87. The fourth-order valence-corrected chi connectivity index (χ4v) is 4.00. The minimum atomic E-state index is -0.124. The lowest BCUT2D eigenvalue weighted by atomic mass is 9.59. The van der Waals surface area contributed by atoms with Crippen molar-refractivity contribution < 1.29 is 9.78 Å². The fourth-order valence-electron chi connectivity index (χ4n) is 4.00. The molecular weight excluding hydrogens is 212 g/mol. The summed E-state index contributed by atoms with van der Waals surface area (Å²) < 4.78 is 0. The number of hydrogen-bond acceptors (Lipinski definition) is 2. The van der Waals surface area contributed by atoms with E-state index >= 15 is 0 Å². The van der Waals surface area contributed by atoms with E-state index in [4.69, 9.17) is 9.78 Å². The van der Waals surface area contributed by atoms with E-state index < -0.39 is 0 Å². The minimum absolute atomic E-state index is 0.0883. The molecular formula is C15H24O2. The van der Waals surface area contributed by atoms with Crippen LogP contribution in [-0.4, -0.2) is 11.2 Å². The highest BCUT2D eigenvalue weighted by Gasteiger charge is 2.63. The van der Waals surface area contributed by atoms with Gasteiger partial charge in [-0.25, -0.2) is 9.78 Å². The minimum Gasteiger partial charge on any atom is -0.224 e. The van der Waals surface area contributed by atoms with Gasteiger partial charge in [-0.15, -0.1) is 0 Å². The van der Waals surface area contributed by atoms with Gasteiger partial charge < -0.3 is 0 Å². The van der Waals surface area contributed by atoms with E-state index in [9.17, 15) is 0 Å². The summed E-state index contributed by atoms with van der Waals surface area (Å²) in [5.41, 5.74) is 1.26. The molecule has 2 fully saturated rings. The Balaban J connectivity index is 2.11. The number of hydrogen-bond donors (Lipinski definition) is 0. The van der Waals surface area contributed by atoms with Gasteiger partial charge in [-0.3, -0.25) is 0 Å². The zero-order valence-corrected chi connectivity index (χ0v) is 11.5. The molecule has 0 amide bonds. The third-order valence-corrected chi connectivity index (χ3v) is 5.35. The molecule has 0 spiro atoms. The highest BCUT2D eigenvalue weighted by atomic mass is 17.2. The Morgan fingerprint density at radius 2 is 1.94 bits per heavy atom. The molecule has 2 bridgehead atoms. The van der Waals surface area contributed by atoms with Crippen molar-refractivity contribution in [3.63, 3.8) is 0 Å². The summed E-state index contributed by atoms with van der Waals surface area (Å²) in [6, 6.07) is 0. The predicted molar refractivity (Wildman–Crippen MR) is 67.3 cm³/mol. The van der Waals surface area contributed by atoms with Crippen LogP contribution in [0.4, 0.5) is 0 Å². The van der Waals surface area contributed by atoms with Crippen LogP contribution in [0.25, 0.3) is 0 Å². The first-order chi connectivity index (χ1) is 8.01. The van der Waals surface area contributed by atoms with Crippen LogP contribution in [0.15, 0.2) is 11.6 Å². The van der Waals surface area contributed by atoms with Gasteiger partial charge in [0.05, 0.1) is 0 Å². The molecule has 2 aliphatic carbocycles. The second-order valence-electron chi connectivity index (χ2n) is 6.64. The molecule has 0 aromatic rings. The zero-order chi connectivity index (χ0) is 12.3. The van der Waals surface area contributed by atoms with Crippen LogP contribution < -0.4 is 0 Å². The van der Waals surface area contributed by atoms with Gasteiger partial charge in [0, 0.05) is 0 Å². The van der Waals surface area contributed by atoms with Crippen LogP contribution in [-0.2, 0) is 9.78 Å². The highest BCUT2D eigenvalue weighted by Crippen LogP contribution is 2.60. The first kappa shape index (κ1) is 11.7. The first-order valence-corrected chi connectivity index (χ1v) is 7.11. The van der Waals surface area contributed by atoms with Gasteiger partial charge in [0.15, 0.2) is 0 Å². The molecule has 3 rings (SSSR count). The molecule has 2 heteroatoms. The van der Waals surface area contributed by atoms with Crippen molar-refractivity contribution in [1.82, 2.24) is 0 Å². The summed E-state index contributed by atoms with van der Waals surface area (Å²) in [7, 11) is 0. The molecule has 96 valence electrons. The van der Waals surface area contributed by atoms with Crippen molar-refractivity contribution in [3.05, 3.63) is 11.6 Å². The lowest BCUT2D eigenvalue weighted by Gasteiger charge is -2.45. The molecule has 1 saturated carbocycles. The van der Waals surface area contributed by atoms with Crippen LogP contribution in [0.1, 0.15) is 53.4 Å². The van der Waals surface area contributed by atoms with Gasteiger partial charge in [-0.1, -0.05) is 33.8 Å². The van der Waals surface area contributed by atoms with E-state index in [1.165, 1.54) is 18.4 Å². The van der Waals surface area contributed by atoms with Crippen molar-refractivity contribution in [2.45, 2.75) is 64.6 Å². The van der Waals surface area contributed by atoms with Crippen molar-refractivity contribution in [2.75, 3.05) is 0 Å². The summed E-state index contributed by atoms with van der Waals surface area (Å²) >= 11 is 0. The molecule has 0 unspecified atom stereocenters. The van der Waals surface area contributed by atoms with Gasteiger partial charge >= 0.3 is 0 Å². The van der Waals surface area contributed by atoms with E-state index in [0.717, 1.165) is 12.8 Å². The Morgan fingerprint density at radius 3 is 2.65 bits per heavy atom. The number of rotatable bonds is 1. The fraction of sp³-hybridized carbons (Fsp3) is 0.867. The normalized spacial score (nSPS) is 49.1. The standard InChI is InChI=1S/C15H24O2/c1-10(2)14-8-6-12(4)15(17-16-14)7-5-11(3)9-13(14)15/h9-12H,5-8H2,1-4H3/t11-,12+,14-,15-/m0/s1. The molecule has 0 N–H and O–H groups in total. The quantitative estimate of drug-likeness (QED) is 0.508. The van der Waals surface area contributed by atoms with Gasteiger partial charge in [0.25, 0.3) is 0 Å².